The third kappa shape index (κ3) is 3.21. The normalized spacial score (nSPS) is 10.3. The van der Waals surface area contributed by atoms with Gasteiger partial charge >= 0.3 is 6.01 Å². The average Bonchev–Trinajstić information content (AvgIpc) is 2.80. The highest BCUT2D eigenvalue weighted by Crippen LogP contribution is 2.19. The van der Waals surface area contributed by atoms with Crippen molar-refractivity contribution in [2.75, 3.05) is 18.5 Å². The maximum atomic E-state index is 5.41. The summed E-state index contributed by atoms with van der Waals surface area (Å²) in [6.45, 7) is 3.09. The maximum Gasteiger partial charge on any atom is 0.320 e. The number of rotatable bonds is 6. The van der Waals surface area contributed by atoms with Crippen LogP contribution in [0.3, 0.4) is 0 Å². The summed E-state index contributed by atoms with van der Waals surface area (Å²) < 4.78 is 10.7. The number of nitrogens with two attached hydrogens (primary N) is 1. The summed E-state index contributed by atoms with van der Waals surface area (Å²) in [5.74, 6) is 1.36. The van der Waals surface area contributed by atoms with Crippen molar-refractivity contribution in [1.29, 1.82) is 0 Å². The molecule has 0 spiro atoms. The standard InChI is InChI=1S/C12H16N4O2/c1-2-17-10-5-3-9(4-6-10)14-12-16-15-11(18-12)7-8-13/h3-6H,2,7-8,13H2,1H3,(H,14,16). The third-order valence-electron chi connectivity index (χ3n) is 2.24. The number of nitrogens with one attached hydrogen (secondary N) is 1. The van der Waals surface area contributed by atoms with E-state index in [0.29, 0.717) is 31.5 Å². The molecule has 1 heterocycles. The molecule has 2 rings (SSSR count). The average molecular weight is 248 g/mol. The molecule has 0 bridgehead atoms. The van der Waals surface area contributed by atoms with Crippen molar-refractivity contribution < 1.29 is 9.15 Å². The van der Waals surface area contributed by atoms with Crippen molar-refractivity contribution in [2.24, 2.45) is 5.73 Å². The molecule has 6 heteroatoms. The lowest BCUT2D eigenvalue weighted by Crippen LogP contribution is -2.02. The Hall–Kier alpha value is -2.08. The van der Waals surface area contributed by atoms with Gasteiger partial charge in [0.15, 0.2) is 0 Å². The van der Waals surface area contributed by atoms with Crippen LogP contribution in [0.4, 0.5) is 11.7 Å². The van der Waals surface area contributed by atoms with Crippen LogP contribution in [0.5, 0.6) is 5.75 Å². The fourth-order valence-electron chi connectivity index (χ4n) is 1.45. The zero-order valence-corrected chi connectivity index (χ0v) is 10.2. The highest BCUT2D eigenvalue weighted by Gasteiger charge is 2.05. The van der Waals surface area contributed by atoms with E-state index in [2.05, 4.69) is 15.5 Å². The van der Waals surface area contributed by atoms with E-state index in [1.807, 2.05) is 31.2 Å². The van der Waals surface area contributed by atoms with Crippen molar-refractivity contribution in [3.05, 3.63) is 30.2 Å². The smallest absolute Gasteiger partial charge is 0.320 e. The van der Waals surface area contributed by atoms with Gasteiger partial charge in [0.05, 0.1) is 6.61 Å². The Labute approximate surface area is 105 Å². The van der Waals surface area contributed by atoms with Gasteiger partial charge < -0.3 is 20.2 Å². The molecule has 1 aromatic carbocycles. The molecule has 0 aliphatic rings. The second kappa shape index (κ2) is 6.02. The molecule has 0 aliphatic carbocycles. The number of anilines is 2. The molecule has 3 N–H and O–H groups in total. The first-order chi connectivity index (χ1) is 8.81. The van der Waals surface area contributed by atoms with Crippen LogP contribution >= 0.6 is 0 Å². The van der Waals surface area contributed by atoms with E-state index in [9.17, 15) is 0 Å². The lowest BCUT2D eigenvalue weighted by Gasteiger charge is -2.04. The molecule has 6 nitrogen and oxygen atoms in total. The van der Waals surface area contributed by atoms with Crippen molar-refractivity contribution >= 4 is 11.7 Å². The first-order valence-corrected chi connectivity index (χ1v) is 5.84. The van der Waals surface area contributed by atoms with Crippen LogP contribution in [0.25, 0.3) is 0 Å². The molecule has 0 aliphatic heterocycles. The van der Waals surface area contributed by atoms with E-state index in [4.69, 9.17) is 14.9 Å². The van der Waals surface area contributed by atoms with Gasteiger partial charge in [0.25, 0.3) is 0 Å². The molecule has 0 radical (unpaired) electrons. The Balaban J connectivity index is 1.99. The van der Waals surface area contributed by atoms with Gasteiger partial charge in [-0.15, -0.1) is 5.10 Å². The van der Waals surface area contributed by atoms with Crippen LogP contribution in [0.1, 0.15) is 12.8 Å². The van der Waals surface area contributed by atoms with Gasteiger partial charge in [0.2, 0.25) is 5.89 Å². The Morgan fingerprint density at radius 2 is 2.06 bits per heavy atom. The Morgan fingerprint density at radius 3 is 2.72 bits per heavy atom. The minimum Gasteiger partial charge on any atom is -0.494 e. The van der Waals surface area contributed by atoms with Gasteiger partial charge in [-0.3, -0.25) is 0 Å². The second-order valence-corrected chi connectivity index (χ2v) is 3.62. The van der Waals surface area contributed by atoms with Crippen molar-refractivity contribution in [2.45, 2.75) is 13.3 Å². The molecule has 0 unspecified atom stereocenters. The molecule has 0 saturated heterocycles. The predicted molar refractivity (Wildman–Crippen MR) is 68.0 cm³/mol. The number of nitrogens with zero attached hydrogens (tertiary/aromatic N) is 2. The van der Waals surface area contributed by atoms with Crippen molar-refractivity contribution in [3.8, 4) is 5.75 Å². The molecule has 96 valence electrons. The molecule has 0 fully saturated rings. The molecule has 1 aromatic heterocycles. The summed E-state index contributed by atoms with van der Waals surface area (Å²) in [7, 11) is 0. The molecular formula is C12H16N4O2. The van der Waals surface area contributed by atoms with Gasteiger partial charge in [-0.2, -0.15) is 0 Å². The summed E-state index contributed by atoms with van der Waals surface area (Å²) in [6, 6.07) is 7.89. The van der Waals surface area contributed by atoms with Gasteiger partial charge in [0, 0.05) is 18.7 Å². The van der Waals surface area contributed by atoms with E-state index >= 15 is 0 Å². The van der Waals surface area contributed by atoms with Crippen LogP contribution in [-0.2, 0) is 6.42 Å². The van der Waals surface area contributed by atoms with Crippen LogP contribution in [0.15, 0.2) is 28.7 Å². The number of benzene rings is 1. The van der Waals surface area contributed by atoms with Gasteiger partial charge in [0.1, 0.15) is 5.75 Å². The number of hydrogen-bond donors (Lipinski definition) is 2. The van der Waals surface area contributed by atoms with E-state index in [0.717, 1.165) is 11.4 Å². The third-order valence-corrected chi connectivity index (χ3v) is 2.24. The minimum atomic E-state index is 0.364. The fourth-order valence-corrected chi connectivity index (χ4v) is 1.45. The van der Waals surface area contributed by atoms with E-state index in [1.54, 1.807) is 0 Å². The SMILES string of the molecule is CCOc1ccc(Nc2nnc(CCN)o2)cc1. The number of aromatic nitrogens is 2. The zero-order chi connectivity index (χ0) is 12.8. The highest BCUT2D eigenvalue weighted by molar-refractivity contribution is 5.53. The Bertz CT molecular complexity index is 481. The monoisotopic (exact) mass is 248 g/mol. The summed E-state index contributed by atoms with van der Waals surface area (Å²) in [5.41, 5.74) is 6.27. The summed E-state index contributed by atoms with van der Waals surface area (Å²) in [4.78, 5) is 0. The lowest BCUT2D eigenvalue weighted by molar-refractivity contribution is 0.340. The maximum absolute atomic E-state index is 5.41. The lowest BCUT2D eigenvalue weighted by atomic mass is 10.3. The first kappa shape index (κ1) is 12.4. The molecule has 0 atom stereocenters. The van der Waals surface area contributed by atoms with Crippen LogP contribution in [0.2, 0.25) is 0 Å². The number of ether oxygens (including phenoxy) is 1. The molecule has 0 amide bonds. The van der Waals surface area contributed by atoms with E-state index < -0.39 is 0 Å². The summed E-state index contributed by atoms with van der Waals surface area (Å²) in [5, 5.41) is 10.8. The van der Waals surface area contributed by atoms with Crippen LogP contribution in [-0.4, -0.2) is 23.3 Å². The minimum absolute atomic E-state index is 0.364. The van der Waals surface area contributed by atoms with Gasteiger partial charge in [-0.25, -0.2) is 0 Å². The second-order valence-electron chi connectivity index (χ2n) is 3.62. The highest BCUT2D eigenvalue weighted by atomic mass is 16.5. The molecule has 0 saturated carbocycles. The van der Waals surface area contributed by atoms with E-state index in [1.165, 1.54) is 0 Å². The predicted octanol–water partition coefficient (Wildman–Crippen LogP) is 1.71. The van der Waals surface area contributed by atoms with Gasteiger partial charge in [-0.1, -0.05) is 5.10 Å². The Kier molecular flexibility index (Phi) is 4.14. The van der Waals surface area contributed by atoms with Crippen molar-refractivity contribution in [1.82, 2.24) is 10.2 Å². The van der Waals surface area contributed by atoms with Gasteiger partial charge in [-0.05, 0) is 31.2 Å². The molecular weight excluding hydrogens is 232 g/mol. The van der Waals surface area contributed by atoms with Crippen LogP contribution < -0.4 is 15.8 Å². The number of hydrogen-bond acceptors (Lipinski definition) is 6. The zero-order valence-electron chi connectivity index (χ0n) is 10.2. The summed E-state index contributed by atoms with van der Waals surface area (Å²) in [6.07, 6.45) is 0.581. The first-order valence-electron chi connectivity index (χ1n) is 5.84. The molecule has 18 heavy (non-hydrogen) atoms. The summed E-state index contributed by atoms with van der Waals surface area (Å²) >= 11 is 0. The van der Waals surface area contributed by atoms with Crippen molar-refractivity contribution in [3.63, 3.8) is 0 Å². The van der Waals surface area contributed by atoms with E-state index in [-0.39, 0.29) is 0 Å². The quantitative estimate of drug-likeness (QED) is 0.809. The van der Waals surface area contributed by atoms with Crippen LogP contribution in [0, 0.1) is 0 Å². The molecule has 2 aromatic rings. The topological polar surface area (TPSA) is 86.2 Å². The largest absolute Gasteiger partial charge is 0.494 e. The Morgan fingerprint density at radius 1 is 1.28 bits per heavy atom. The fraction of sp³-hybridized carbons (Fsp3) is 0.333.